The zero-order chi connectivity index (χ0) is 15.1. The van der Waals surface area contributed by atoms with E-state index in [1.54, 1.807) is 18.2 Å². The van der Waals surface area contributed by atoms with Crippen LogP contribution in [-0.4, -0.2) is 23.9 Å². The smallest absolute Gasteiger partial charge is 0.250 e. The Hall–Kier alpha value is -1.26. The number of amides is 2. The summed E-state index contributed by atoms with van der Waals surface area (Å²) in [5, 5.41) is 3.63. The fraction of sp³-hybridized carbons (Fsp3) is 0.467. The summed E-state index contributed by atoms with van der Waals surface area (Å²) in [5.41, 5.74) is 0.443. The average molecular weight is 327 g/mol. The van der Waals surface area contributed by atoms with Crippen molar-refractivity contribution in [1.29, 1.82) is 0 Å². The summed E-state index contributed by atoms with van der Waals surface area (Å²) in [7, 11) is 0. The monoisotopic (exact) mass is 326 g/mol. The van der Waals surface area contributed by atoms with Crippen LogP contribution in [0, 0.1) is 5.92 Å². The predicted octanol–water partition coefficient (Wildman–Crippen LogP) is 3.01. The summed E-state index contributed by atoms with van der Waals surface area (Å²) in [6.07, 6.45) is 2.45. The molecule has 1 saturated heterocycles. The van der Waals surface area contributed by atoms with E-state index < -0.39 is 12.1 Å². The third-order valence-corrected chi connectivity index (χ3v) is 4.68. The summed E-state index contributed by atoms with van der Waals surface area (Å²) in [5.74, 6) is -0.00745. The summed E-state index contributed by atoms with van der Waals surface area (Å²) < 4.78 is 0. The first-order valence-corrected chi connectivity index (χ1v) is 7.87. The lowest BCUT2D eigenvalue weighted by molar-refractivity contribution is -0.134. The van der Waals surface area contributed by atoms with Gasteiger partial charge in [0, 0.05) is 0 Å². The van der Waals surface area contributed by atoms with Crippen LogP contribution in [0.15, 0.2) is 18.2 Å². The summed E-state index contributed by atoms with van der Waals surface area (Å²) in [6, 6.07) is 4.07. The van der Waals surface area contributed by atoms with Gasteiger partial charge in [-0.1, -0.05) is 36.2 Å². The number of hydrogen-bond acceptors (Lipinski definition) is 2. The largest absolute Gasteiger partial charge is 0.342 e. The van der Waals surface area contributed by atoms with Crippen molar-refractivity contribution in [3.8, 4) is 0 Å². The molecule has 4 nitrogen and oxygen atoms in total. The number of nitrogens with zero attached hydrogens (tertiary/aromatic N) is 1. The van der Waals surface area contributed by atoms with Crippen molar-refractivity contribution in [2.45, 2.75) is 38.3 Å². The Labute approximate surface area is 133 Å². The topological polar surface area (TPSA) is 49.4 Å². The zero-order valence-electron chi connectivity index (χ0n) is 11.6. The Morgan fingerprint density at radius 1 is 1.24 bits per heavy atom. The lowest BCUT2D eigenvalue weighted by Crippen LogP contribution is -2.64. The number of hydrogen-bond donors (Lipinski definition) is 1. The van der Waals surface area contributed by atoms with Crippen LogP contribution in [0.5, 0.6) is 0 Å². The molecule has 0 radical (unpaired) electrons. The molecule has 1 aliphatic heterocycles. The molecule has 0 spiro atoms. The van der Waals surface area contributed by atoms with E-state index in [9.17, 15) is 9.59 Å². The van der Waals surface area contributed by atoms with Crippen LogP contribution in [0.3, 0.4) is 0 Å². The van der Waals surface area contributed by atoms with Crippen LogP contribution in [0.25, 0.3) is 0 Å². The normalized spacial score (nSPS) is 26.0. The number of nitrogens with one attached hydrogen (secondary N) is 1. The van der Waals surface area contributed by atoms with E-state index >= 15 is 0 Å². The average Bonchev–Trinajstić information content (AvgIpc) is 3.26. The number of halogens is 2. The fourth-order valence-electron chi connectivity index (χ4n) is 2.83. The molecule has 2 unspecified atom stereocenters. The number of anilines is 1. The van der Waals surface area contributed by atoms with Crippen molar-refractivity contribution in [3.05, 3.63) is 28.2 Å². The third kappa shape index (κ3) is 2.51. The number of rotatable bonds is 3. The van der Waals surface area contributed by atoms with E-state index in [1.165, 1.54) is 4.90 Å². The van der Waals surface area contributed by atoms with Gasteiger partial charge in [0.2, 0.25) is 5.91 Å². The zero-order valence-corrected chi connectivity index (χ0v) is 13.1. The second-order valence-corrected chi connectivity index (χ2v) is 6.34. The Morgan fingerprint density at radius 3 is 2.38 bits per heavy atom. The van der Waals surface area contributed by atoms with Crippen molar-refractivity contribution < 1.29 is 9.59 Å². The van der Waals surface area contributed by atoms with Crippen molar-refractivity contribution >= 4 is 40.7 Å². The minimum absolute atomic E-state index is 0.112. The van der Waals surface area contributed by atoms with Gasteiger partial charge in [0.25, 0.3) is 5.91 Å². The van der Waals surface area contributed by atoms with Gasteiger partial charge < -0.3 is 5.32 Å². The van der Waals surface area contributed by atoms with Crippen LogP contribution < -0.4 is 10.2 Å². The molecule has 1 saturated carbocycles. The van der Waals surface area contributed by atoms with Gasteiger partial charge in [-0.2, -0.15) is 0 Å². The van der Waals surface area contributed by atoms with E-state index in [-0.39, 0.29) is 17.7 Å². The van der Waals surface area contributed by atoms with Gasteiger partial charge in [-0.15, -0.1) is 0 Å². The summed E-state index contributed by atoms with van der Waals surface area (Å²) in [6.45, 7) is 1.87. The number of carbonyl (C=O) groups is 2. The lowest BCUT2D eigenvalue weighted by atomic mass is 10.0. The molecule has 2 aliphatic rings. The van der Waals surface area contributed by atoms with Gasteiger partial charge in [-0.05, 0) is 37.3 Å². The van der Waals surface area contributed by atoms with Crippen molar-refractivity contribution in [2.75, 3.05) is 4.90 Å². The van der Waals surface area contributed by atoms with Gasteiger partial charge in [0.15, 0.2) is 0 Å². The summed E-state index contributed by atoms with van der Waals surface area (Å²) >= 11 is 12.5. The van der Waals surface area contributed by atoms with Crippen molar-refractivity contribution in [1.82, 2.24) is 5.32 Å². The minimum atomic E-state index is -0.565. The SMILES string of the molecule is CCC1C(=O)NC(C2CC2)C(=O)N1c1c(Cl)cccc1Cl. The number of carbonyl (C=O) groups excluding carboxylic acids is 2. The standard InChI is InChI=1S/C15H16Cl2N2O2/c1-2-11-14(20)18-12(8-6-7-8)15(21)19(11)13-9(16)4-3-5-10(13)17/h3-5,8,11-12H,2,6-7H2,1H3,(H,18,20). The molecular weight excluding hydrogens is 311 g/mol. The highest BCUT2D eigenvalue weighted by atomic mass is 35.5. The van der Waals surface area contributed by atoms with Gasteiger partial charge in [-0.3, -0.25) is 14.5 Å². The minimum Gasteiger partial charge on any atom is -0.342 e. The van der Waals surface area contributed by atoms with E-state index in [4.69, 9.17) is 23.2 Å². The maximum absolute atomic E-state index is 12.8. The fourth-order valence-corrected chi connectivity index (χ4v) is 3.41. The maximum atomic E-state index is 12.8. The highest BCUT2D eigenvalue weighted by molar-refractivity contribution is 6.40. The molecule has 0 bridgehead atoms. The number of para-hydroxylation sites is 1. The quantitative estimate of drug-likeness (QED) is 0.928. The molecule has 3 rings (SSSR count). The Balaban J connectivity index is 2.06. The van der Waals surface area contributed by atoms with Gasteiger partial charge in [-0.25, -0.2) is 0 Å². The van der Waals surface area contributed by atoms with Gasteiger partial charge >= 0.3 is 0 Å². The second kappa shape index (κ2) is 5.50. The van der Waals surface area contributed by atoms with Crippen LogP contribution in [-0.2, 0) is 9.59 Å². The van der Waals surface area contributed by atoms with E-state index in [2.05, 4.69) is 5.32 Å². The summed E-state index contributed by atoms with van der Waals surface area (Å²) in [4.78, 5) is 26.6. The Bertz CT molecular complexity index is 581. The van der Waals surface area contributed by atoms with Crippen molar-refractivity contribution in [3.63, 3.8) is 0 Å². The molecule has 2 fully saturated rings. The molecule has 1 heterocycles. The molecule has 1 aliphatic carbocycles. The van der Waals surface area contributed by atoms with Crippen LogP contribution in [0.2, 0.25) is 10.0 Å². The molecule has 21 heavy (non-hydrogen) atoms. The Morgan fingerprint density at radius 2 is 1.86 bits per heavy atom. The molecule has 2 atom stereocenters. The molecule has 1 aromatic rings. The first kappa shape index (κ1) is 14.7. The first-order chi connectivity index (χ1) is 10.0. The molecule has 0 aromatic heterocycles. The Kier molecular flexibility index (Phi) is 3.84. The van der Waals surface area contributed by atoms with Crippen LogP contribution in [0.1, 0.15) is 26.2 Å². The molecule has 1 aromatic carbocycles. The van der Waals surface area contributed by atoms with Crippen LogP contribution >= 0.6 is 23.2 Å². The molecule has 1 N–H and O–H groups in total. The first-order valence-electron chi connectivity index (χ1n) is 7.12. The highest BCUT2D eigenvalue weighted by Gasteiger charge is 2.47. The van der Waals surface area contributed by atoms with E-state index in [0.717, 1.165) is 12.8 Å². The van der Waals surface area contributed by atoms with E-state index in [0.29, 0.717) is 22.2 Å². The van der Waals surface area contributed by atoms with Gasteiger partial charge in [0.05, 0.1) is 15.7 Å². The van der Waals surface area contributed by atoms with E-state index in [1.807, 2.05) is 6.92 Å². The third-order valence-electron chi connectivity index (χ3n) is 4.07. The second-order valence-electron chi connectivity index (χ2n) is 5.53. The highest BCUT2D eigenvalue weighted by Crippen LogP contribution is 2.40. The van der Waals surface area contributed by atoms with Crippen molar-refractivity contribution in [2.24, 2.45) is 5.92 Å². The lowest BCUT2D eigenvalue weighted by Gasteiger charge is -2.39. The maximum Gasteiger partial charge on any atom is 0.250 e. The molecule has 112 valence electrons. The molecule has 2 amide bonds. The molecular formula is C15H16Cl2N2O2. The predicted molar refractivity (Wildman–Crippen MR) is 82.7 cm³/mol. The number of piperazine rings is 1. The number of benzene rings is 1. The van der Waals surface area contributed by atoms with Gasteiger partial charge in [0.1, 0.15) is 12.1 Å². The molecule has 6 heteroatoms. The van der Waals surface area contributed by atoms with Crippen LogP contribution in [0.4, 0.5) is 5.69 Å².